The monoisotopic (exact) mass is 445 g/mol. The molecule has 1 saturated heterocycles. The van der Waals surface area contributed by atoms with E-state index in [1.807, 2.05) is 23.1 Å². The molecular weight excluding hydrogens is 418 g/mol. The van der Waals surface area contributed by atoms with Crippen LogP contribution in [0.25, 0.3) is 0 Å². The Hall–Kier alpha value is -2.99. The average Bonchev–Trinajstić information content (AvgIpc) is 3.40. The molecule has 2 aliphatic rings. The molecule has 2 heterocycles. The number of carbonyl (C=O) groups is 2. The third-order valence-electron chi connectivity index (χ3n) is 6.57. The minimum atomic E-state index is -0.172. The highest BCUT2D eigenvalue weighted by Gasteiger charge is 2.36. The summed E-state index contributed by atoms with van der Waals surface area (Å²) in [4.78, 5) is 33.6. The van der Waals surface area contributed by atoms with Crippen LogP contribution in [0.1, 0.15) is 51.7 Å². The lowest BCUT2D eigenvalue weighted by Gasteiger charge is -2.33. The summed E-state index contributed by atoms with van der Waals surface area (Å²) < 4.78 is 0. The Labute approximate surface area is 192 Å². The van der Waals surface area contributed by atoms with E-state index in [1.54, 1.807) is 12.1 Å². The van der Waals surface area contributed by atoms with Crippen LogP contribution in [0, 0.1) is 5.92 Å². The second-order valence-electron chi connectivity index (χ2n) is 8.70. The summed E-state index contributed by atoms with van der Waals surface area (Å²) in [6.45, 7) is 1.65. The Kier molecular flexibility index (Phi) is 6.04. The van der Waals surface area contributed by atoms with E-state index in [1.165, 1.54) is 16.9 Å². The maximum absolute atomic E-state index is 13.3. The largest absolute Gasteiger partial charge is 0.342 e. The fraction of sp³-hybridized carbons (Fsp3) is 0.346. The van der Waals surface area contributed by atoms with Crippen molar-refractivity contribution in [3.8, 4) is 0 Å². The van der Waals surface area contributed by atoms with Crippen LogP contribution in [0.2, 0.25) is 0 Å². The van der Waals surface area contributed by atoms with Gasteiger partial charge in [0.25, 0.3) is 5.91 Å². The summed E-state index contributed by atoms with van der Waals surface area (Å²) >= 11 is 1.50. The molecule has 0 radical (unpaired) electrons. The fourth-order valence-electron chi connectivity index (χ4n) is 4.81. The third-order valence-corrected chi connectivity index (χ3v) is 7.61. The van der Waals surface area contributed by atoms with Crippen molar-refractivity contribution in [2.24, 2.45) is 5.92 Å². The molecule has 6 heteroatoms. The molecular formula is C26H27N3O2S. The Morgan fingerprint density at radius 1 is 0.969 bits per heavy atom. The van der Waals surface area contributed by atoms with Gasteiger partial charge in [0.1, 0.15) is 0 Å². The number of anilines is 1. The number of nitrogens with one attached hydrogen (secondary N) is 1. The van der Waals surface area contributed by atoms with Crippen LogP contribution in [0.5, 0.6) is 0 Å². The lowest BCUT2D eigenvalue weighted by atomic mass is 9.89. The molecule has 0 bridgehead atoms. The van der Waals surface area contributed by atoms with E-state index in [4.69, 9.17) is 0 Å². The zero-order chi connectivity index (χ0) is 21.9. The molecule has 2 amide bonds. The fourth-order valence-corrected chi connectivity index (χ4v) is 5.84. The van der Waals surface area contributed by atoms with Gasteiger partial charge in [-0.25, -0.2) is 4.98 Å². The number of aryl methyl sites for hydroxylation is 1. The molecule has 0 spiro atoms. The molecule has 0 saturated carbocycles. The molecule has 32 heavy (non-hydrogen) atoms. The van der Waals surface area contributed by atoms with E-state index < -0.39 is 0 Å². The van der Waals surface area contributed by atoms with Crippen molar-refractivity contribution < 1.29 is 9.59 Å². The van der Waals surface area contributed by atoms with Crippen molar-refractivity contribution in [3.63, 3.8) is 0 Å². The Morgan fingerprint density at radius 3 is 2.38 bits per heavy atom. The van der Waals surface area contributed by atoms with Crippen LogP contribution in [-0.4, -0.2) is 34.8 Å². The summed E-state index contributed by atoms with van der Waals surface area (Å²) in [5.41, 5.74) is 2.86. The Balaban J connectivity index is 1.19. The van der Waals surface area contributed by atoms with Gasteiger partial charge in [-0.15, -0.1) is 11.3 Å². The molecule has 5 rings (SSSR count). The van der Waals surface area contributed by atoms with Gasteiger partial charge in [-0.1, -0.05) is 48.5 Å². The number of hydrogen-bond acceptors (Lipinski definition) is 4. The number of aromatic nitrogens is 1. The third kappa shape index (κ3) is 4.46. The number of thiazole rings is 1. The van der Waals surface area contributed by atoms with Crippen molar-refractivity contribution in [2.75, 3.05) is 18.4 Å². The van der Waals surface area contributed by atoms with Crippen molar-refractivity contribution in [1.82, 2.24) is 9.88 Å². The van der Waals surface area contributed by atoms with E-state index in [0.29, 0.717) is 16.6 Å². The number of rotatable bonds is 5. The predicted octanol–water partition coefficient (Wildman–Crippen LogP) is 4.91. The quantitative estimate of drug-likeness (QED) is 0.607. The van der Waals surface area contributed by atoms with Gasteiger partial charge in [0.15, 0.2) is 5.13 Å². The molecule has 1 fully saturated rings. The molecule has 5 nitrogen and oxygen atoms in total. The smallest absolute Gasteiger partial charge is 0.257 e. The predicted molar refractivity (Wildman–Crippen MR) is 127 cm³/mol. The maximum atomic E-state index is 13.3. The summed E-state index contributed by atoms with van der Waals surface area (Å²) in [7, 11) is 0. The second kappa shape index (κ2) is 9.25. The molecule has 3 aromatic rings. The molecule has 1 unspecified atom stereocenters. The molecule has 164 valence electrons. The van der Waals surface area contributed by atoms with Crippen LogP contribution < -0.4 is 5.32 Å². The van der Waals surface area contributed by atoms with Crippen LogP contribution in [0.15, 0.2) is 60.7 Å². The zero-order valence-electron chi connectivity index (χ0n) is 18.0. The number of amides is 2. The average molecular weight is 446 g/mol. The highest BCUT2D eigenvalue weighted by Crippen LogP contribution is 2.40. The Morgan fingerprint density at radius 2 is 1.66 bits per heavy atom. The lowest BCUT2D eigenvalue weighted by molar-refractivity contribution is -0.134. The van der Waals surface area contributed by atoms with Crippen molar-refractivity contribution in [2.45, 2.75) is 38.0 Å². The van der Waals surface area contributed by atoms with Gasteiger partial charge in [0.05, 0.1) is 11.6 Å². The molecule has 1 N–H and O–H groups in total. The van der Waals surface area contributed by atoms with Gasteiger partial charge < -0.3 is 4.90 Å². The molecule has 2 aromatic carbocycles. The Bertz CT molecular complexity index is 1090. The maximum Gasteiger partial charge on any atom is 0.257 e. The number of piperidine rings is 1. The highest BCUT2D eigenvalue weighted by molar-refractivity contribution is 7.16. The van der Waals surface area contributed by atoms with Crippen molar-refractivity contribution in [3.05, 3.63) is 82.4 Å². The van der Waals surface area contributed by atoms with E-state index in [9.17, 15) is 9.59 Å². The van der Waals surface area contributed by atoms with Crippen LogP contribution in [0.3, 0.4) is 0 Å². The first-order valence-corrected chi connectivity index (χ1v) is 12.2. The standard InChI is InChI=1S/C26H27N3O2S/c30-24(20-9-5-2-6-10-20)28-26-27-23-21(11-12-22(23)32-26)25(31)29-15-13-19(14-16-29)17-18-7-3-1-4-8-18/h1-10,19,21H,11-17H2,(H,27,28,30). The van der Waals surface area contributed by atoms with Gasteiger partial charge in [0.2, 0.25) is 5.91 Å². The van der Waals surface area contributed by atoms with Crippen molar-refractivity contribution >= 4 is 28.3 Å². The molecule has 1 atom stereocenters. The van der Waals surface area contributed by atoms with Gasteiger partial charge >= 0.3 is 0 Å². The van der Waals surface area contributed by atoms with Crippen LogP contribution >= 0.6 is 11.3 Å². The highest BCUT2D eigenvalue weighted by atomic mass is 32.1. The van der Waals surface area contributed by atoms with E-state index in [2.05, 4.69) is 40.6 Å². The van der Waals surface area contributed by atoms with Crippen LogP contribution in [-0.2, 0) is 17.6 Å². The summed E-state index contributed by atoms with van der Waals surface area (Å²) in [5.74, 6) is 0.503. The number of likely N-dealkylation sites (tertiary alicyclic amines) is 1. The zero-order valence-corrected chi connectivity index (χ0v) is 18.8. The first-order chi connectivity index (χ1) is 15.7. The van der Waals surface area contributed by atoms with E-state index in [-0.39, 0.29) is 17.7 Å². The summed E-state index contributed by atoms with van der Waals surface area (Å²) in [5, 5.41) is 3.49. The lowest BCUT2D eigenvalue weighted by Crippen LogP contribution is -2.41. The molecule has 1 aromatic heterocycles. The van der Waals surface area contributed by atoms with Gasteiger partial charge in [-0.05, 0) is 55.7 Å². The minimum absolute atomic E-state index is 0.165. The number of benzene rings is 2. The normalized spacial score (nSPS) is 18.4. The number of hydrogen-bond donors (Lipinski definition) is 1. The van der Waals surface area contributed by atoms with E-state index in [0.717, 1.165) is 55.8 Å². The first kappa shape index (κ1) is 20.9. The van der Waals surface area contributed by atoms with Gasteiger partial charge in [-0.3, -0.25) is 14.9 Å². The molecule has 1 aliphatic heterocycles. The van der Waals surface area contributed by atoms with Gasteiger partial charge in [0, 0.05) is 23.5 Å². The van der Waals surface area contributed by atoms with Gasteiger partial charge in [-0.2, -0.15) is 0 Å². The second-order valence-corrected chi connectivity index (χ2v) is 9.78. The van der Waals surface area contributed by atoms with Crippen LogP contribution in [0.4, 0.5) is 5.13 Å². The number of nitrogens with zero attached hydrogens (tertiary/aromatic N) is 2. The molecule has 1 aliphatic carbocycles. The summed E-state index contributed by atoms with van der Waals surface area (Å²) in [6.07, 6.45) is 4.87. The van der Waals surface area contributed by atoms with E-state index >= 15 is 0 Å². The van der Waals surface area contributed by atoms with Crippen molar-refractivity contribution in [1.29, 1.82) is 0 Å². The number of fused-ring (bicyclic) bond motifs is 1. The minimum Gasteiger partial charge on any atom is -0.342 e. The SMILES string of the molecule is O=C(Nc1nc2c(s1)CCC2C(=O)N1CCC(Cc2ccccc2)CC1)c1ccccc1. The summed E-state index contributed by atoms with van der Waals surface area (Å²) in [6, 6.07) is 19.7. The topological polar surface area (TPSA) is 62.3 Å². The number of carbonyl (C=O) groups excluding carboxylic acids is 2. The first-order valence-electron chi connectivity index (χ1n) is 11.4.